The van der Waals surface area contributed by atoms with E-state index >= 15 is 0 Å². The van der Waals surface area contributed by atoms with Crippen molar-refractivity contribution in [1.82, 2.24) is 4.98 Å². The van der Waals surface area contributed by atoms with Gasteiger partial charge in [0.05, 0.1) is 11.4 Å². The van der Waals surface area contributed by atoms with Crippen LogP contribution >= 0.6 is 11.3 Å². The molecule has 3 aromatic rings. The van der Waals surface area contributed by atoms with Crippen LogP contribution in [0.15, 0.2) is 48.0 Å². The van der Waals surface area contributed by atoms with Crippen molar-refractivity contribution < 1.29 is 0 Å². The fraction of sp³-hybridized carbons (Fsp3) is 0. The molecule has 0 amide bonds. The SMILES string of the molecule is NNc1ccnc(-c2cccc3ccsc23)c1. The van der Waals surface area contributed by atoms with E-state index in [4.69, 9.17) is 5.84 Å². The summed E-state index contributed by atoms with van der Waals surface area (Å²) in [6.07, 6.45) is 1.76. The van der Waals surface area contributed by atoms with E-state index in [1.54, 1.807) is 17.5 Å². The van der Waals surface area contributed by atoms with Crippen molar-refractivity contribution in [2.45, 2.75) is 0 Å². The molecule has 0 aliphatic carbocycles. The second-order valence-electron chi connectivity index (χ2n) is 3.72. The van der Waals surface area contributed by atoms with Crippen molar-refractivity contribution in [3.8, 4) is 11.3 Å². The highest BCUT2D eigenvalue weighted by atomic mass is 32.1. The Morgan fingerprint density at radius 2 is 2.12 bits per heavy atom. The number of nitrogen functional groups attached to an aromatic ring is 1. The second-order valence-corrected chi connectivity index (χ2v) is 4.63. The van der Waals surface area contributed by atoms with Gasteiger partial charge in [-0.2, -0.15) is 0 Å². The lowest BCUT2D eigenvalue weighted by molar-refractivity contribution is 1.29. The zero-order valence-corrected chi connectivity index (χ0v) is 9.87. The molecule has 4 heteroatoms. The Balaban J connectivity index is 2.23. The number of nitrogens with one attached hydrogen (secondary N) is 1. The minimum absolute atomic E-state index is 0.864. The predicted molar refractivity (Wildman–Crippen MR) is 72.9 cm³/mol. The molecule has 0 spiro atoms. The molecule has 1 aromatic carbocycles. The number of pyridine rings is 1. The molecule has 0 saturated carbocycles. The average Bonchev–Trinajstić information content (AvgIpc) is 2.87. The molecule has 3 rings (SSSR count). The number of hydrazine groups is 1. The Morgan fingerprint density at radius 1 is 1.18 bits per heavy atom. The maximum atomic E-state index is 5.41. The van der Waals surface area contributed by atoms with Gasteiger partial charge in [0, 0.05) is 16.5 Å². The molecule has 17 heavy (non-hydrogen) atoms. The number of anilines is 1. The minimum atomic E-state index is 0.864. The lowest BCUT2D eigenvalue weighted by Gasteiger charge is -2.05. The lowest BCUT2D eigenvalue weighted by Crippen LogP contribution is -2.06. The second kappa shape index (κ2) is 4.16. The summed E-state index contributed by atoms with van der Waals surface area (Å²) < 4.78 is 1.26. The number of fused-ring (bicyclic) bond motifs is 1. The third-order valence-corrected chi connectivity index (χ3v) is 3.65. The number of rotatable bonds is 2. The van der Waals surface area contributed by atoms with Gasteiger partial charge in [-0.25, -0.2) is 0 Å². The number of thiophene rings is 1. The predicted octanol–water partition coefficient (Wildman–Crippen LogP) is 3.25. The quantitative estimate of drug-likeness (QED) is 0.535. The van der Waals surface area contributed by atoms with Gasteiger partial charge < -0.3 is 5.43 Å². The van der Waals surface area contributed by atoms with Crippen LogP contribution in [0.2, 0.25) is 0 Å². The molecule has 0 aliphatic heterocycles. The Hall–Kier alpha value is -1.91. The molecule has 0 saturated heterocycles. The summed E-state index contributed by atoms with van der Waals surface area (Å²) in [6.45, 7) is 0. The fourth-order valence-corrected chi connectivity index (χ4v) is 2.78. The van der Waals surface area contributed by atoms with Crippen LogP contribution in [0.1, 0.15) is 0 Å². The summed E-state index contributed by atoms with van der Waals surface area (Å²) in [5, 5.41) is 3.35. The van der Waals surface area contributed by atoms with Crippen LogP contribution in [0, 0.1) is 0 Å². The normalized spacial score (nSPS) is 10.6. The van der Waals surface area contributed by atoms with Gasteiger partial charge in [0.1, 0.15) is 0 Å². The van der Waals surface area contributed by atoms with Gasteiger partial charge in [0.25, 0.3) is 0 Å². The monoisotopic (exact) mass is 241 g/mol. The fourth-order valence-electron chi connectivity index (χ4n) is 1.86. The molecule has 2 aromatic heterocycles. The van der Waals surface area contributed by atoms with E-state index in [1.807, 2.05) is 12.1 Å². The standard InChI is InChI=1S/C13H11N3S/c14-16-10-4-6-15-12(8-10)11-3-1-2-9-5-7-17-13(9)11/h1-8H,14H2,(H,15,16). The summed E-state index contributed by atoms with van der Waals surface area (Å²) in [5.74, 6) is 5.41. The zero-order valence-electron chi connectivity index (χ0n) is 9.05. The van der Waals surface area contributed by atoms with Gasteiger partial charge in [0.2, 0.25) is 0 Å². The molecular weight excluding hydrogens is 230 g/mol. The maximum Gasteiger partial charge on any atom is 0.0737 e. The zero-order chi connectivity index (χ0) is 11.7. The van der Waals surface area contributed by atoms with Crippen molar-refractivity contribution in [3.63, 3.8) is 0 Å². The van der Waals surface area contributed by atoms with Crippen LogP contribution in [0.5, 0.6) is 0 Å². The Kier molecular flexibility index (Phi) is 2.51. The van der Waals surface area contributed by atoms with Crippen LogP contribution in [0.4, 0.5) is 5.69 Å². The first kappa shape index (κ1) is 10.3. The highest BCUT2D eigenvalue weighted by molar-refractivity contribution is 7.17. The van der Waals surface area contributed by atoms with Crippen LogP contribution in [-0.4, -0.2) is 4.98 Å². The Labute approximate surface area is 103 Å². The molecule has 3 N–H and O–H groups in total. The van der Waals surface area contributed by atoms with Gasteiger partial charge in [-0.1, -0.05) is 18.2 Å². The van der Waals surface area contributed by atoms with E-state index < -0.39 is 0 Å². The summed E-state index contributed by atoms with van der Waals surface area (Å²) in [6, 6.07) is 12.2. The van der Waals surface area contributed by atoms with Crippen LogP contribution in [-0.2, 0) is 0 Å². The molecule has 0 aliphatic rings. The highest BCUT2D eigenvalue weighted by Gasteiger charge is 2.06. The molecule has 0 unspecified atom stereocenters. The van der Waals surface area contributed by atoms with Crippen molar-refractivity contribution >= 4 is 27.1 Å². The largest absolute Gasteiger partial charge is 0.324 e. The maximum absolute atomic E-state index is 5.41. The number of nitrogens with zero attached hydrogens (tertiary/aromatic N) is 1. The van der Waals surface area contributed by atoms with Gasteiger partial charge in [-0.3, -0.25) is 10.8 Å². The molecule has 0 bridgehead atoms. The molecule has 3 nitrogen and oxygen atoms in total. The summed E-state index contributed by atoms with van der Waals surface area (Å²) >= 11 is 1.73. The van der Waals surface area contributed by atoms with E-state index in [0.717, 1.165) is 16.9 Å². The topological polar surface area (TPSA) is 50.9 Å². The molecule has 2 heterocycles. The summed E-state index contributed by atoms with van der Waals surface area (Å²) in [5.41, 5.74) is 5.59. The third kappa shape index (κ3) is 1.77. The van der Waals surface area contributed by atoms with Crippen LogP contribution < -0.4 is 11.3 Å². The molecule has 0 fully saturated rings. The van der Waals surface area contributed by atoms with E-state index in [-0.39, 0.29) is 0 Å². The number of aromatic nitrogens is 1. The van der Waals surface area contributed by atoms with Crippen molar-refractivity contribution in [1.29, 1.82) is 0 Å². The van der Waals surface area contributed by atoms with E-state index in [9.17, 15) is 0 Å². The van der Waals surface area contributed by atoms with Crippen LogP contribution in [0.3, 0.4) is 0 Å². The first-order chi connectivity index (χ1) is 8.38. The van der Waals surface area contributed by atoms with E-state index in [1.165, 1.54) is 10.1 Å². The molecule has 84 valence electrons. The summed E-state index contributed by atoms with van der Waals surface area (Å²) in [7, 11) is 0. The van der Waals surface area contributed by atoms with Crippen molar-refractivity contribution in [3.05, 3.63) is 48.0 Å². The van der Waals surface area contributed by atoms with E-state index in [0.29, 0.717) is 0 Å². The van der Waals surface area contributed by atoms with Crippen LogP contribution in [0.25, 0.3) is 21.3 Å². The average molecular weight is 241 g/mol. The summed E-state index contributed by atoms with van der Waals surface area (Å²) in [4.78, 5) is 4.40. The smallest absolute Gasteiger partial charge is 0.0737 e. The van der Waals surface area contributed by atoms with Gasteiger partial charge in [-0.05, 0) is 29.0 Å². The molecule has 0 atom stereocenters. The first-order valence-corrected chi connectivity index (χ1v) is 6.16. The molecular formula is C13H11N3S. The Morgan fingerprint density at radius 3 is 3.00 bits per heavy atom. The Bertz CT molecular complexity index is 660. The van der Waals surface area contributed by atoms with Gasteiger partial charge in [-0.15, -0.1) is 11.3 Å². The first-order valence-electron chi connectivity index (χ1n) is 5.28. The minimum Gasteiger partial charge on any atom is -0.324 e. The van der Waals surface area contributed by atoms with Crippen molar-refractivity contribution in [2.24, 2.45) is 5.84 Å². The van der Waals surface area contributed by atoms with Gasteiger partial charge in [0.15, 0.2) is 0 Å². The molecule has 0 radical (unpaired) electrons. The van der Waals surface area contributed by atoms with E-state index in [2.05, 4.69) is 40.1 Å². The number of hydrogen-bond donors (Lipinski definition) is 2. The number of nitrogens with two attached hydrogens (primary N) is 1. The highest BCUT2D eigenvalue weighted by Crippen LogP contribution is 2.32. The number of benzene rings is 1. The third-order valence-electron chi connectivity index (χ3n) is 2.68. The van der Waals surface area contributed by atoms with Gasteiger partial charge >= 0.3 is 0 Å². The number of hydrogen-bond acceptors (Lipinski definition) is 4. The lowest BCUT2D eigenvalue weighted by atomic mass is 10.1. The van der Waals surface area contributed by atoms with Crippen molar-refractivity contribution in [2.75, 3.05) is 5.43 Å².